The van der Waals surface area contributed by atoms with Crippen molar-refractivity contribution in [2.45, 2.75) is 11.8 Å². The van der Waals surface area contributed by atoms with Crippen molar-refractivity contribution < 1.29 is 14.3 Å². The normalized spacial score (nSPS) is 10.8. The number of nitrogens with zero attached hydrogens (tertiary/aromatic N) is 2. The van der Waals surface area contributed by atoms with Crippen molar-refractivity contribution in [3.63, 3.8) is 0 Å². The van der Waals surface area contributed by atoms with Crippen molar-refractivity contribution in [1.82, 2.24) is 9.88 Å². The van der Waals surface area contributed by atoms with Gasteiger partial charge in [-0.3, -0.25) is 9.59 Å². The predicted molar refractivity (Wildman–Crippen MR) is 140 cm³/mol. The van der Waals surface area contributed by atoms with E-state index in [0.29, 0.717) is 17.9 Å². The van der Waals surface area contributed by atoms with Gasteiger partial charge in [0.25, 0.3) is 5.91 Å². The van der Waals surface area contributed by atoms with Crippen LogP contribution in [0.2, 0.25) is 0 Å². The van der Waals surface area contributed by atoms with Gasteiger partial charge in [-0.1, -0.05) is 12.1 Å². The van der Waals surface area contributed by atoms with Gasteiger partial charge in [-0.25, -0.2) is 4.98 Å². The lowest BCUT2D eigenvalue weighted by Crippen LogP contribution is -2.23. The Balaban J connectivity index is 1.47. The predicted octanol–water partition coefficient (Wildman–Crippen LogP) is 5.79. The van der Waals surface area contributed by atoms with E-state index >= 15 is 0 Å². The Kier molecular flexibility index (Phi) is 7.49. The lowest BCUT2D eigenvalue weighted by atomic mass is 10.2. The Hall–Kier alpha value is -3.36. The van der Waals surface area contributed by atoms with Crippen LogP contribution in [0.15, 0.2) is 71.6 Å². The fourth-order valence-corrected chi connectivity index (χ4v) is 5.26. The first-order chi connectivity index (χ1) is 16.4. The van der Waals surface area contributed by atoms with Crippen LogP contribution in [0.25, 0.3) is 20.8 Å². The van der Waals surface area contributed by atoms with Crippen LogP contribution < -0.4 is 10.1 Å². The average molecular weight is 492 g/mol. The second-order valence-electron chi connectivity index (χ2n) is 7.69. The van der Waals surface area contributed by atoms with E-state index in [1.165, 1.54) is 11.8 Å². The Labute approximate surface area is 207 Å². The molecule has 0 saturated carbocycles. The van der Waals surface area contributed by atoms with Crippen LogP contribution in [0.3, 0.4) is 0 Å². The smallest absolute Gasteiger partial charge is 0.256 e. The van der Waals surface area contributed by atoms with Crippen molar-refractivity contribution in [2.24, 2.45) is 0 Å². The number of carbonyl (C=O) groups excluding carboxylic acids is 2. The number of anilines is 1. The van der Waals surface area contributed by atoms with Crippen molar-refractivity contribution in [3.8, 4) is 16.3 Å². The summed E-state index contributed by atoms with van der Waals surface area (Å²) in [5, 5.41) is 3.87. The first-order valence-corrected chi connectivity index (χ1v) is 12.6. The Bertz CT molecular complexity index is 1320. The van der Waals surface area contributed by atoms with Gasteiger partial charge in [0, 0.05) is 30.2 Å². The summed E-state index contributed by atoms with van der Waals surface area (Å²) in [5.41, 5.74) is 3.15. The zero-order chi connectivity index (χ0) is 24.1. The van der Waals surface area contributed by atoms with Crippen LogP contribution in [0.1, 0.15) is 17.3 Å². The molecule has 1 aromatic heterocycles. The Morgan fingerprint density at radius 3 is 2.56 bits per heavy atom. The van der Waals surface area contributed by atoms with Crippen LogP contribution >= 0.6 is 23.1 Å². The molecule has 0 aliphatic rings. The molecular formula is C26H25N3O3S2. The number of rotatable bonds is 8. The number of thioether (sulfide) groups is 1. The molecule has 0 aliphatic heterocycles. The number of benzene rings is 3. The SMILES string of the molecule is CCOc1ccc2nc(-c3ccc(NC(=O)c4ccccc4SCC(=O)N(C)C)cc3)sc2c1. The number of fused-ring (bicyclic) bond motifs is 1. The minimum atomic E-state index is -0.211. The highest BCUT2D eigenvalue weighted by Crippen LogP contribution is 2.33. The molecule has 6 nitrogen and oxygen atoms in total. The molecule has 4 rings (SSSR count). The van der Waals surface area contributed by atoms with Gasteiger partial charge in [0.1, 0.15) is 10.8 Å². The van der Waals surface area contributed by atoms with E-state index < -0.39 is 0 Å². The van der Waals surface area contributed by atoms with Gasteiger partial charge in [0.05, 0.1) is 28.1 Å². The van der Waals surface area contributed by atoms with Crippen LogP contribution in [0, 0.1) is 0 Å². The molecule has 1 N–H and O–H groups in total. The Morgan fingerprint density at radius 1 is 1.06 bits per heavy atom. The third-order valence-corrected chi connectivity index (χ3v) is 7.17. The first-order valence-electron chi connectivity index (χ1n) is 10.8. The maximum atomic E-state index is 12.9. The minimum Gasteiger partial charge on any atom is -0.494 e. The van der Waals surface area contributed by atoms with Gasteiger partial charge in [0.2, 0.25) is 5.91 Å². The summed E-state index contributed by atoms with van der Waals surface area (Å²) in [6, 6.07) is 20.9. The minimum absolute atomic E-state index is 0.000221. The molecule has 4 aromatic rings. The number of thiazole rings is 1. The molecule has 3 aromatic carbocycles. The Morgan fingerprint density at radius 2 is 1.82 bits per heavy atom. The van der Waals surface area contributed by atoms with Gasteiger partial charge >= 0.3 is 0 Å². The van der Waals surface area contributed by atoms with Crippen LogP contribution in [-0.4, -0.2) is 48.2 Å². The van der Waals surface area contributed by atoms with Gasteiger partial charge < -0.3 is 15.0 Å². The lowest BCUT2D eigenvalue weighted by Gasteiger charge is -2.12. The highest BCUT2D eigenvalue weighted by molar-refractivity contribution is 8.00. The van der Waals surface area contributed by atoms with E-state index in [0.717, 1.165) is 31.4 Å². The van der Waals surface area contributed by atoms with E-state index in [4.69, 9.17) is 9.72 Å². The molecule has 0 aliphatic carbocycles. The number of amides is 2. The topological polar surface area (TPSA) is 71.5 Å². The molecule has 1 heterocycles. The standard InChI is InChI=1S/C26H25N3O3S2/c1-4-32-19-13-14-21-23(15-19)34-26(28-21)17-9-11-18(12-10-17)27-25(31)20-7-5-6-8-22(20)33-16-24(30)29(2)3/h5-15H,4,16H2,1-3H3,(H,27,31). The number of hydrogen-bond donors (Lipinski definition) is 1. The molecule has 2 amide bonds. The highest BCUT2D eigenvalue weighted by Gasteiger charge is 2.14. The summed E-state index contributed by atoms with van der Waals surface area (Å²) < 4.78 is 6.65. The third kappa shape index (κ3) is 5.58. The molecule has 8 heteroatoms. The lowest BCUT2D eigenvalue weighted by molar-refractivity contribution is -0.125. The van der Waals surface area contributed by atoms with Crippen LogP contribution in [0.5, 0.6) is 5.75 Å². The van der Waals surface area contributed by atoms with E-state index in [-0.39, 0.29) is 17.6 Å². The number of nitrogens with one attached hydrogen (secondary N) is 1. The summed E-state index contributed by atoms with van der Waals surface area (Å²) in [6.07, 6.45) is 0. The summed E-state index contributed by atoms with van der Waals surface area (Å²) >= 11 is 2.97. The average Bonchev–Trinajstić information content (AvgIpc) is 3.26. The molecule has 0 fully saturated rings. The molecule has 0 radical (unpaired) electrons. The molecule has 0 spiro atoms. The maximum Gasteiger partial charge on any atom is 0.256 e. The molecule has 0 unspecified atom stereocenters. The monoisotopic (exact) mass is 491 g/mol. The van der Waals surface area contributed by atoms with Gasteiger partial charge in [-0.15, -0.1) is 23.1 Å². The van der Waals surface area contributed by atoms with Gasteiger partial charge in [0.15, 0.2) is 0 Å². The van der Waals surface area contributed by atoms with Gasteiger partial charge in [-0.05, 0) is 61.5 Å². The zero-order valence-corrected chi connectivity index (χ0v) is 20.8. The molecule has 0 bridgehead atoms. The van der Waals surface area contributed by atoms with Crippen molar-refractivity contribution in [3.05, 3.63) is 72.3 Å². The zero-order valence-electron chi connectivity index (χ0n) is 19.2. The second-order valence-corrected chi connectivity index (χ2v) is 9.73. The van der Waals surface area contributed by atoms with E-state index in [9.17, 15) is 9.59 Å². The van der Waals surface area contributed by atoms with Gasteiger partial charge in [-0.2, -0.15) is 0 Å². The van der Waals surface area contributed by atoms with E-state index in [2.05, 4.69) is 5.32 Å². The fourth-order valence-electron chi connectivity index (χ4n) is 3.23. The summed E-state index contributed by atoms with van der Waals surface area (Å²) in [6.45, 7) is 2.59. The quantitative estimate of drug-likeness (QED) is 0.316. The maximum absolute atomic E-state index is 12.9. The number of carbonyl (C=O) groups is 2. The molecule has 0 saturated heterocycles. The molecule has 0 atom stereocenters. The second kappa shape index (κ2) is 10.7. The first kappa shape index (κ1) is 23.8. The third-order valence-electron chi connectivity index (χ3n) is 5.04. The van der Waals surface area contributed by atoms with E-state index in [1.807, 2.05) is 67.6 Å². The fraction of sp³-hybridized carbons (Fsp3) is 0.192. The largest absolute Gasteiger partial charge is 0.494 e. The highest BCUT2D eigenvalue weighted by atomic mass is 32.2. The summed E-state index contributed by atoms with van der Waals surface area (Å²) in [5.74, 6) is 0.907. The summed E-state index contributed by atoms with van der Waals surface area (Å²) in [4.78, 5) is 31.9. The number of aromatic nitrogens is 1. The number of hydrogen-bond acceptors (Lipinski definition) is 6. The summed E-state index contributed by atoms with van der Waals surface area (Å²) in [7, 11) is 3.44. The van der Waals surface area contributed by atoms with Crippen LogP contribution in [0.4, 0.5) is 5.69 Å². The number of ether oxygens (including phenoxy) is 1. The molecular weight excluding hydrogens is 466 g/mol. The molecule has 34 heavy (non-hydrogen) atoms. The van der Waals surface area contributed by atoms with Crippen molar-refractivity contribution in [1.29, 1.82) is 0 Å². The van der Waals surface area contributed by atoms with E-state index in [1.54, 1.807) is 36.4 Å². The van der Waals surface area contributed by atoms with Crippen LogP contribution in [-0.2, 0) is 4.79 Å². The molecule has 174 valence electrons. The van der Waals surface area contributed by atoms with Crippen molar-refractivity contribution in [2.75, 3.05) is 31.8 Å². The van der Waals surface area contributed by atoms with Crippen molar-refractivity contribution >= 4 is 50.8 Å².